The van der Waals surface area contributed by atoms with E-state index in [0.717, 1.165) is 16.5 Å². The van der Waals surface area contributed by atoms with E-state index in [-0.39, 0.29) is 5.91 Å². The zero-order valence-electron chi connectivity index (χ0n) is 12.7. The van der Waals surface area contributed by atoms with E-state index in [1.807, 2.05) is 23.6 Å². The van der Waals surface area contributed by atoms with Crippen LogP contribution in [0.2, 0.25) is 0 Å². The molecule has 0 spiro atoms. The zero-order valence-corrected chi connectivity index (χ0v) is 15.2. The summed E-state index contributed by atoms with van der Waals surface area (Å²) >= 11 is 4.53. The highest BCUT2D eigenvalue weighted by Crippen LogP contribution is 2.25. The van der Waals surface area contributed by atoms with Gasteiger partial charge in [0.2, 0.25) is 11.0 Å². The van der Waals surface area contributed by atoms with Gasteiger partial charge in [0.05, 0.1) is 18.6 Å². The predicted octanol–water partition coefficient (Wildman–Crippen LogP) is 3.26. The second-order valence-corrected chi connectivity index (χ2v) is 8.01. The fourth-order valence-corrected chi connectivity index (χ4v) is 4.16. The highest BCUT2D eigenvalue weighted by atomic mass is 32.2. The summed E-state index contributed by atoms with van der Waals surface area (Å²) in [6, 6.07) is 7.83. The number of anilines is 1. The molecule has 3 heterocycles. The van der Waals surface area contributed by atoms with Gasteiger partial charge in [0, 0.05) is 11.4 Å². The van der Waals surface area contributed by atoms with Crippen LogP contribution >= 0.6 is 34.4 Å². The zero-order chi connectivity index (χ0) is 16.6. The van der Waals surface area contributed by atoms with Crippen molar-refractivity contribution < 1.29 is 9.21 Å². The van der Waals surface area contributed by atoms with Gasteiger partial charge in [-0.15, -0.1) is 21.5 Å². The maximum atomic E-state index is 11.8. The molecule has 2 N–H and O–H groups in total. The molecule has 0 aromatic carbocycles. The van der Waals surface area contributed by atoms with Gasteiger partial charge in [0.1, 0.15) is 5.76 Å². The number of furan rings is 1. The molecular weight excluding hydrogens is 364 g/mol. The van der Waals surface area contributed by atoms with E-state index < -0.39 is 0 Å². The quantitative estimate of drug-likeness (QED) is 0.555. The van der Waals surface area contributed by atoms with Crippen molar-refractivity contribution in [2.75, 3.05) is 17.6 Å². The first-order valence-electron chi connectivity index (χ1n) is 7.31. The Bertz CT molecular complexity index is 741. The van der Waals surface area contributed by atoms with Crippen LogP contribution in [0.3, 0.4) is 0 Å². The number of carbonyl (C=O) groups excluding carboxylic acids is 1. The van der Waals surface area contributed by atoms with Crippen LogP contribution in [0.25, 0.3) is 0 Å². The molecule has 6 nitrogen and oxygen atoms in total. The molecule has 0 radical (unpaired) electrons. The minimum atomic E-state index is 0.0110. The van der Waals surface area contributed by atoms with Gasteiger partial charge in [-0.2, -0.15) is 0 Å². The smallest absolute Gasteiger partial charge is 0.230 e. The molecule has 3 aromatic rings. The van der Waals surface area contributed by atoms with Gasteiger partial charge in [-0.3, -0.25) is 4.79 Å². The van der Waals surface area contributed by atoms with Gasteiger partial charge in [-0.05, 0) is 30.0 Å². The summed E-state index contributed by atoms with van der Waals surface area (Å²) in [5.74, 6) is 1.19. The fraction of sp³-hybridized carbons (Fsp3) is 0.267. The van der Waals surface area contributed by atoms with Crippen molar-refractivity contribution in [1.29, 1.82) is 0 Å². The van der Waals surface area contributed by atoms with Gasteiger partial charge in [0.15, 0.2) is 4.34 Å². The summed E-state index contributed by atoms with van der Waals surface area (Å²) in [6.07, 6.45) is 2.50. The topological polar surface area (TPSA) is 80.1 Å². The van der Waals surface area contributed by atoms with Crippen molar-refractivity contribution in [2.45, 2.75) is 17.3 Å². The van der Waals surface area contributed by atoms with Crippen molar-refractivity contribution in [2.24, 2.45) is 0 Å². The Hall–Kier alpha value is -1.84. The van der Waals surface area contributed by atoms with Gasteiger partial charge < -0.3 is 15.1 Å². The number of hydrogen-bond acceptors (Lipinski definition) is 8. The number of carbonyl (C=O) groups is 1. The highest BCUT2D eigenvalue weighted by Gasteiger charge is 2.08. The number of hydrogen-bond donors (Lipinski definition) is 2. The summed E-state index contributed by atoms with van der Waals surface area (Å²) < 4.78 is 6.01. The average Bonchev–Trinajstić information content (AvgIpc) is 3.33. The lowest BCUT2D eigenvalue weighted by Crippen LogP contribution is -2.27. The van der Waals surface area contributed by atoms with Crippen LogP contribution in [0.5, 0.6) is 0 Å². The van der Waals surface area contributed by atoms with Gasteiger partial charge in [0.25, 0.3) is 0 Å². The molecule has 0 fully saturated rings. The Labute approximate surface area is 151 Å². The molecule has 3 rings (SSSR count). The summed E-state index contributed by atoms with van der Waals surface area (Å²) in [6.45, 7) is 1.22. The van der Waals surface area contributed by atoms with Gasteiger partial charge in [-0.25, -0.2) is 0 Å². The Morgan fingerprint density at radius 1 is 1.29 bits per heavy atom. The molecular formula is C15H16N4O2S3. The Morgan fingerprint density at radius 3 is 3.04 bits per heavy atom. The van der Waals surface area contributed by atoms with E-state index in [2.05, 4.69) is 26.9 Å². The lowest BCUT2D eigenvalue weighted by molar-refractivity contribution is -0.118. The number of amides is 1. The first-order chi connectivity index (χ1) is 11.8. The third-order valence-electron chi connectivity index (χ3n) is 3.00. The first-order valence-corrected chi connectivity index (χ1v) is 9.99. The molecule has 0 atom stereocenters. The fourth-order valence-electron chi connectivity index (χ4n) is 1.87. The number of nitrogens with one attached hydrogen (secondary N) is 2. The van der Waals surface area contributed by atoms with Crippen LogP contribution in [-0.2, 0) is 17.8 Å². The van der Waals surface area contributed by atoms with Crippen LogP contribution < -0.4 is 10.6 Å². The Kier molecular flexibility index (Phi) is 6.27. The molecule has 0 saturated carbocycles. The molecule has 24 heavy (non-hydrogen) atoms. The van der Waals surface area contributed by atoms with E-state index in [1.165, 1.54) is 28.0 Å². The lowest BCUT2D eigenvalue weighted by atomic mass is 10.3. The molecule has 0 bridgehead atoms. The van der Waals surface area contributed by atoms with Gasteiger partial charge >= 0.3 is 0 Å². The first kappa shape index (κ1) is 17.0. The summed E-state index contributed by atoms with van der Waals surface area (Å²) in [5, 5.41) is 16.9. The van der Waals surface area contributed by atoms with E-state index in [0.29, 0.717) is 24.0 Å². The average molecular weight is 381 g/mol. The molecule has 0 aliphatic carbocycles. The van der Waals surface area contributed by atoms with E-state index in [9.17, 15) is 4.79 Å². The van der Waals surface area contributed by atoms with E-state index >= 15 is 0 Å². The van der Waals surface area contributed by atoms with Crippen molar-refractivity contribution in [3.05, 3.63) is 46.5 Å². The minimum Gasteiger partial charge on any atom is -0.467 e. The van der Waals surface area contributed by atoms with Crippen LogP contribution in [0.4, 0.5) is 5.13 Å². The normalized spacial score (nSPS) is 10.7. The molecule has 1 amide bonds. The number of thioether (sulfide) groups is 1. The third kappa shape index (κ3) is 5.36. The monoisotopic (exact) mass is 380 g/mol. The van der Waals surface area contributed by atoms with Crippen LogP contribution in [0.15, 0.2) is 44.7 Å². The number of aromatic nitrogens is 2. The maximum absolute atomic E-state index is 11.8. The Balaban J connectivity index is 1.34. The van der Waals surface area contributed by atoms with E-state index in [1.54, 1.807) is 17.6 Å². The highest BCUT2D eigenvalue weighted by molar-refractivity contribution is 8.01. The lowest BCUT2D eigenvalue weighted by Gasteiger charge is -2.02. The summed E-state index contributed by atoms with van der Waals surface area (Å²) in [7, 11) is 0. The molecule has 0 saturated heterocycles. The largest absolute Gasteiger partial charge is 0.467 e. The summed E-state index contributed by atoms with van der Waals surface area (Å²) in [4.78, 5) is 13.1. The standard InChI is InChI=1S/C15H16N4O2S3/c20-13(16-6-5-12-4-2-8-22-12)10-23-15-19-18-14(24-15)17-9-11-3-1-7-21-11/h1-4,7-8H,5-6,9-10H2,(H,16,20)(H,17,18). The van der Waals surface area contributed by atoms with Gasteiger partial charge in [-0.1, -0.05) is 29.2 Å². The number of thiophene rings is 1. The van der Waals surface area contributed by atoms with Crippen molar-refractivity contribution in [1.82, 2.24) is 15.5 Å². The molecule has 9 heteroatoms. The van der Waals surface area contributed by atoms with E-state index in [4.69, 9.17) is 4.42 Å². The number of rotatable bonds is 9. The van der Waals surface area contributed by atoms with Crippen molar-refractivity contribution in [3.8, 4) is 0 Å². The summed E-state index contributed by atoms with van der Waals surface area (Å²) in [5.41, 5.74) is 0. The van der Waals surface area contributed by atoms with Crippen LogP contribution in [0, 0.1) is 0 Å². The third-order valence-corrected chi connectivity index (χ3v) is 5.95. The Morgan fingerprint density at radius 2 is 2.25 bits per heavy atom. The molecule has 0 aliphatic rings. The van der Waals surface area contributed by atoms with Crippen molar-refractivity contribution >= 4 is 45.5 Å². The van der Waals surface area contributed by atoms with Crippen LogP contribution in [0.1, 0.15) is 10.6 Å². The molecule has 126 valence electrons. The molecule has 3 aromatic heterocycles. The molecule has 0 aliphatic heterocycles. The maximum Gasteiger partial charge on any atom is 0.230 e. The second kappa shape index (κ2) is 8.86. The SMILES string of the molecule is O=C(CSc1nnc(NCc2ccco2)s1)NCCc1cccs1. The predicted molar refractivity (Wildman–Crippen MR) is 97.7 cm³/mol. The number of nitrogens with zero attached hydrogens (tertiary/aromatic N) is 2. The second-order valence-electron chi connectivity index (χ2n) is 4.77. The van der Waals surface area contributed by atoms with Crippen molar-refractivity contribution in [3.63, 3.8) is 0 Å². The minimum absolute atomic E-state index is 0.0110. The molecule has 0 unspecified atom stereocenters. The van der Waals surface area contributed by atoms with Crippen LogP contribution in [-0.4, -0.2) is 28.4 Å².